The van der Waals surface area contributed by atoms with Crippen molar-refractivity contribution in [3.05, 3.63) is 28.1 Å². The molecule has 17 heavy (non-hydrogen) atoms. The predicted octanol–water partition coefficient (Wildman–Crippen LogP) is 5.23. The van der Waals surface area contributed by atoms with Gasteiger partial charge in [-0.1, -0.05) is 25.3 Å². The minimum Gasteiger partial charge on any atom is -0.447 e. The van der Waals surface area contributed by atoms with Crippen LogP contribution in [-0.2, 0) is 0 Å². The minimum absolute atomic E-state index is 0.652. The Morgan fingerprint density at radius 1 is 1.53 bits per heavy atom. The highest BCUT2D eigenvalue weighted by atomic mass is 79.9. The van der Waals surface area contributed by atoms with Gasteiger partial charge in [0.05, 0.1) is 4.47 Å². The highest BCUT2D eigenvalue weighted by Gasteiger charge is 2.03. The molecule has 0 aliphatic heterocycles. The Morgan fingerprint density at radius 3 is 3.06 bits per heavy atom. The summed E-state index contributed by atoms with van der Waals surface area (Å²) >= 11 is 9.02. The summed E-state index contributed by atoms with van der Waals surface area (Å²) in [6.45, 7) is 2.15. The summed E-state index contributed by atoms with van der Waals surface area (Å²) in [5.41, 5.74) is 0. The van der Waals surface area contributed by atoms with Crippen LogP contribution in [0.15, 0.2) is 21.0 Å². The third-order valence-electron chi connectivity index (χ3n) is 2.08. The molecule has 0 saturated carbocycles. The fraction of sp³-hybridized carbons (Fsp3) is 0.429. The quantitative estimate of drug-likeness (QED) is 0.412. The molecular weight excluding hydrogens is 300 g/mol. The Labute approximate surface area is 116 Å². The van der Waals surface area contributed by atoms with Crippen LogP contribution in [-0.4, -0.2) is 5.88 Å². The summed E-state index contributed by atoms with van der Waals surface area (Å²) in [5, 5.41) is 0. The second-order valence-corrected chi connectivity index (χ2v) is 4.84. The molecule has 0 spiro atoms. The van der Waals surface area contributed by atoms with Crippen LogP contribution in [0.4, 0.5) is 0 Å². The van der Waals surface area contributed by atoms with Crippen molar-refractivity contribution in [3.8, 4) is 11.8 Å². The molecule has 0 saturated heterocycles. The van der Waals surface area contributed by atoms with Crippen molar-refractivity contribution >= 4 is 33.6 Å². The maximum absolute atomic E-state index is 5.60. The van der Waals surface area contributed by atoms with E-state index in [-0.39, 0.29) is 0 Å². The van der Waals surface area contributed by atoms with Crippen molar-refractivity contribution in [3.63, 3.8) is 0 Å². The summed E-state index contributed by atoms with van der Waals surface area (Å²) in [6.07, 6.45) is 8.01. The van der Waals surface area contributed by atoms with Crippen LogP contribution in [0.1, 0.15) is 44.1 Å². The molecule has 1 aromatic rings. The Bertz CT molecular complexity index is 423. The molecule has 0 bridgehead atoms. The van der Waals surface area contributed by atoms with Gasteiger partial charge in [-0.2, -0.15) is 0 Å². The van der Waals surface area contributed by atoms with Crippen molar-refractivity contribution in [2.24, 2.45) is 0 Å². The summed E-state index contributed by atoms with van der Waals surface area (Å²) in [6, 6.07) is 1.94. The normalized spacial score (nSPS) is 10.5. The first-order valence-corrected chi connectivity index (χ1v) is 7.11. The molecule has 1 nitrogen and oxygen atoms in total. The van der Waals surface area contributed by atoms with Crippen molar-refractivity contribution in [1.82, 2.24) is 0 Å². The monoisotopic (exact) mass is 314 g/mol. The topological polar surface area (TPSA) is 13.1 Å². The van der Waals surface area contributed by atoms with E-state index in [9.17, 15) is 0 Å². The zero-order valence-electron chi connectivity index (χ0n) is 9.93. The smallest absolute Gasteiger partial charge is 0.191 e. The molecule has 92 valence electrons. The molecule has 0 aromatic carbocycles. The van der Waals surface area contributed by atoms with Gasteiger partial charge in [-0.25, -0.2) is 0 Å². The van der Waals surface area contributed by atoms with E-state index >= 15 is 0 Å². The third-order valence-corrected chi connectivity index (χ3v) is 2.94. The maximum Gasteiger partial charge on any atom is 0.191 e. The molecule has 1 aromatic heterocycles. The first kappa shape index (κ1) is 14.4. The van der Waals surface area contributed by atoms with Gasteiger partial charge in [-0.3, -0.25) is 0 Å². The van der Waals surface area contributed by atoms with E-state index in [0.29, 0.717) is 11.6 Å². The standard InChI is InChI=1S/C14H16BrClO/c1-2-3-5-8-12-11-13(15)14(17-12)9-6-4-7-10-16/h5,8,11H,2-4,7,10H2,1H3/b8-5+. The molecule has 1 heterocycles. The number of alkyl halides is 1. The summed E-state index contributed by atoms with van der Waals surface area (Å²) < 4.78 is 6.51. The lowest BCUT2D eigenvalue weighted by atomic mass is 10.3. The summed E-state index contributed by atoms with van der Waals surface area (Å²) in [5.74, 6) is 8.23. The van der Waals surface area contributed by atoms with Crippen molar-refractivity contribution in [2.45, 2.75) is 32.6 Å². The van der Waals surface area contributed by atoms with Crippen LogP contribution in [0, 0.1) is 11.8 Å². The summed E-state index contributed by atoms with van der Waals surface area (Å²) in [4.78, 5) is 0. The van der Waals surface area contributed by atoms with Gasteiger partial charge in [0.2, 0.25) is 0 Å². The van der Waals surface area contributed by atoms with Crippen LogP contribution in [0.3, 0.4) is 0 Å². The molecule has 0 N–H and O–H groups in total. The van der Waals surface area contributed by atoms with Crippen molar-refractivity contribution in [2.75, 3.05) is 5.88 Å². The fourth-order valence-corrected chi connectivity index (χ4v) is 1.76. The number of halogens is 2. The van der Waals surface area contributed by atoms with Crippen LogP contribution < -0.4 is 0 Å². The second-order valence-electron chi connectivity index (χ2n) is 3.61. The van der Waals surface area contributed by atoms with Gasteiger partial charge in [0.1, 0.15) is 5.76 Å². The van der Waals surface area contributed by atoms with E-state index in [1.54, 1.807) is 0 Å². The van der Waals surface area contributed by atoms with Crippen molar-refractivity contribution in [1.29, 1.82) is 0 Å². The molecule has 0 aliphatic carbocycles. The van der Waals surface area contributed by atoms with Gasteiger partial charge in [0.25, 0.3) is 0 Å². The predicted molar refractivity (Wildman–Crippen MR) is 77.2 cm³/mol. The second kappa shape index (κ2) is 8.44. The van der Waals surface area contributed by atoms with Gasteiger partial charge < -0.3 is 4.42 Å². The molecule has 3 heteroatoms. The largest absolute Gasteiger partial charge is 0.447 e. The molecule has 1 rings (SSSR count). The molecule has 0 radical (unpaired) electrons. The van der Waals surface area contributed by atoms with E-state index in [2.05, 4.69) is 40.8 Å². The Morgan fingerprint density at radius 2 is 2.35 bits per heavy atom. The Hall–Kier alpha value is -0.650. The number of furan rings is 1. The SMILES string of the molecule is CCC/C=C/c1cc(Br)c(C#CCCCCl)o1. The van der Waals surface area contributed by atoms with E-state index < -0.39 is 0 Å². The number of rotatable bonds is 5. The van der Waals surface area contributed by atoms with Crippen LogP contribution in [0.25, 0.3) is 6.08 Å². The van der Waals surface area contributed by atoms with Crippen LogP contribution in [0.5, 0.6) is 0 Å². The zero-order valence-corrected chi connectivity index (χ0v) is 12.3. The highest BCUT2D eigenvalue weighted by molar-refractivity contribution is 9.10. The molecule has 0 aliphatic rings. The fourth-order valence-electron chi connectivity index (χ4n) is 1.22. The van der Waals surface area contributed by atoms with E-state index in [0.717, 1.165) is 35.9 Å². The van der Waals surface area contributed by atoms with Crippen molar-refractivity contribution < 1.29 is 4.42 Å². The van der Waals surface area contributed by atoms with Gasteiger partial charge >= 0.3 is 0 Å². The first-order valence-electron chi connectivity index (χ1n) is 5.78. The first-order chi connectivity index (χ1) is 8.27. The number of allylic oxidation sites excluding steroid dienone is 1. The highest BCUT2D eigenvalue weighted by Crippen LogP contribution is 2.21. The van der Waals surface area contributed by atoms with Crippen LogP contribution >= 0.6 is 27.5 Å². The van der Waals surface area contributed by atoms with Gasteiger partial charge in [-0.05, 0) is 46.8 Å². The molecular formula is C14H16BrClO. The van der Waals surface area contributed by atoms with E-state index in [4.69, 9.17) is 16.0 Å². The van der Waals surface area contributed by atoms with Gasteiger partial charge in [0, 0.05) is 12.3 Å². The summed E-state index contributed by atoms with van der Waals surface area (Å²) in [7, 11) is 0. The lowest BCUT2D eigenvalue weighted by Crippen LogP contribution is -1.72. The lowest BCUT2D eigenvalue weighted by Gasteiger charge is -1.86. The number of hydrogen-bond donors (Lipinski definition) is 0. The maximum atomic E-state index is 5.60. The molecule has 0 fully saturated rings. The van der Waals surface area contributed by atoms with Crippen LogP contribution in [0.2, 0.25) is 0 Å². The Kier molecular flexibility index (Phi) is 7.16. The average molecular weight is 316 g/mol. The van der Waals surface area contributed by atoms with E-state index in [1.807, 2.05) is 12.1 Å². The number of hydrogen-bond acceptors (Lipinski definition) is 1. The van der Waals surface area contributed by atoms with Gasteiger partial charge in [0.15, 0.2) is 5.76 Å². The minimum atomic E-state index is 0.652. The lowest BCUT2D eigenvalue weighted by molar-refractivity contribution is 0.542. The van der Waals surface area contributed by atoms with Gasteiger partial charge in [-0.15, -0.1) is 11.6 Å². The Balaban J connectivity index is 2.63. The average Bonchev–Trinajstić information content (AvgIpc) is 2.66. The molecule has 0 unspecified atom stereocenters. The molecule has 0 atom stereocenters. The number of unbranched alkanes of at least 4 members (excludes halogenated alkanes) is 2. The third kappa shape index (κ3) is 5.48. The zero-order chi connectivity index (χ0) is 12.5. The molecule has 0 amide bonds. The van der Waals surface area contributed by atoms with E-state index in [1.165, 1.54) is 0 Å².